The Hall–Kier alpha value is -1.10. The number of piperidine rings is 1. The molecule has 1 heterocycles. The molecule has 0 spiro atoms. The highest BCUT2D eigenvalue weighted by Crippen LogP contribution is 2.14. The number of carbonyl (C=O) groups is 1. The monoisotopic (exact) mass is 295 g/mol. The van der Waals surface area contributed by atoms with Crippen LogP contribution in [0.25, 0.3) is 0 Å². The minimum absolute atomic E-state index is 0.0275. The summed E-state index contributed by atoms with van der Waals surface area (Å²) in [6.07, 6.45) is 2.34. The van der Waals surface area contributed by atoms with Gasteiger partial charge in [-0.3, -0.25) is 9.69 Å². The van der Waals surface area contributed by atoms with Crippen LogP contribution in [0.5, 0.6) is 0 Å². The summed E-state index contributed by atoms with van der Waals surface area (Å²) in [4.78, 5) is 14.3. The Morgan fingerprint density at radius 1 is 1.45 bits per heavy atom. The van der Waals surface area contributed by atoms with Gasteiger partial charge in [-0.2, -0.15) is 0 Å². The lowest BCUT2D eigenvalue weighted by Crippen LogP contribution is -2.48. The zero-order valence-electron chi connectivity index (χ0n) is 11.9. The highest BCUT2D eigenvalue weighted by molar-refractivity contribution is 6.30. The fourth-order valence-electron chi connectivity index (χ4n) is 2.56. The highest BCUT2D eigenvalue weighted by Gasteiger charge is 2.21. The molecule has 2 N–H and O–H groups in total. The van der Waals surface area contributed by atoms with Crippen LogP contribution in [0.15, 0.2) is 24.3 Å². The van der Waals surface area contributed by atoms with Crippen LogP contribution < -0.4 is 10.6 Å². The van der Waals surface area contributed by atoms with E-state index in [4.69, 9.17) is 11.6 Å². The first-order valence-corrected chi connectivity index (χ1v) is 7.57. The zero-order chi connectivity index (χ0) is 14.4. The van der Waals surface area contributed by atoms with Crippen molar-refractivity contribution in [1.29, 1.82) is 0 Å². The van der Waals surface area contributed by atoms with Crippen molar-refractivity contribution >= 4 is 23.2 Å². The van der Waals surface area contributed by atoms with Gasteiger partial charge in [-0.15, -0.1) is 0 Å². The summed E-state index contributed by atoms with van der Waals surface area (Å²) < 4.78 is 0. The van der Waals surface area contributed by atoms with E-state index in [1.54, 1.807) is 12.1 Å². The van der Waals surface area contributed by atoms with Gasteiger partial charge in [0.2, 0.25) is 5.91 Å². The summed E-state index contributed by atoms with van der Waals surface area (Å²) in [5, 5.41) is 6.98. The summed E-state index contributed by atoms with van der Waals surface area (Å²) in [6.45, 7) is 5.49. The van der Waals surface area contributed by atoms with E-state index in [1.807, 2.05) is 12.1 Å². The van der Waals surface area contributed by atoms with Gasteiger partial charge in [-0.05, 0) is 50.2 Å². The lowest BCUT2D eigenvalue weighted by atomic mass is 10.1. The topological polar surface area (TPSA) is 44.4 Å². The molecule has 1 aromatic carbocycles. The van der Waals surface area contributed by atoms with Crippen molar-refractivity contribution in [3.8, 4) is 0 Å². The van der Waals surface area contributed by atoms with Gasteiger partial charge in [-0.1, -0.05) is 18.5 Å². The second kappa shape index (κ2) is 7.62. The van der Waals surface area contributed by atoms with Gasteiger partial charge >= 0.3 is 0 Å². The molecule has 20 heavy (non-hydrogen) atoms. The molecular weight excluding hydrogens is 274 g/mol. The molecule has 1 saturated heterocycles. The number of anilines is 1. The molecule has 1 atom stereocenters. The summed E-state index contributed by atoms with van der Waals surface area (Å²) >= 11 is 5.83. The van der Waals surface area contributed by atoms with Crippen LogP contribution in [-0.4, -0.2) is 43.0 Å². The van der Waals surface area contributed by atoms with Gasteiger partial charge in [0.25, 0.3) is 0 Å². The highest BCUT2D eigenvalue weighted by atomic mass is 35.5. The predicted molar refractivity (Wildman–Crippen MR) is 83.2 cm³/mol. The Balaban J connectivity index is 1.86. The fraction of sp³-hybridized carbons (Fsp3) is 0.533. The van der Waals surface area contributed by atoms with Crippen LogP contribution in [0.3, 0.4) is 0 Å². The number of hydrogen-bond donors (Lipinski definition) is 2. The maximum Gasteiger partial charge on any atom is 0.238 e. The van der Waals surface area contributed by atoms with Gasteiger partial charge in [0.15, 0.2) is 0 Å². The van der Waals surface area contributed by atoms with E-state index in [1.165, 1.54) is 6.42 Å². The van der Waals surface area contributed by atoms with Crippen molar-refractivity contribution in [1.82, 2.24) is 10.2 Å². The Morgan fingerprint density at radius 3 is 2.80 bits per heavy atom. The van der Waals surface area contributed by atoms with Gasteiger partial charge < -0.3 is 10.6 Å². The molecule has 1 amide bonds. The maximum absolute atomic E-state index is 12.1. The van der Waals surface area contributed by atoms with Crippen molar-refractivity contribution in [3.05, 3.63) is 29.3 Å². The quantitative estimate of drug-likeness (QED) is 0.876. The minimum atomic E-state index is 0.0275. The van der Waals surface area contributed by atoms with Gasteiger partial charge in [0, 0.05) is 23.3 Å². The van der Waals surface area contributed by atoms with E-state index in [0.29, 0.717) is 17.6 Å². The normalized spacial score (nSPS) is 19.1. The number of hydrogen-bond acceptors (Lipinski definition) is 3. The average molecular weight is 296 g/mol. The number of likely N-dealkylation sites (N-methyl/N-ethyl adjacent to an activating group) is 1. The first-order valence-electron chi connectivity index (χ1n) is 7.19. The van der Waals surface area contributed by atoms with E-state index < -0.39 is 0 Å². The first-order chi connectivity index (χ1) is 9.69. The van der Waals surface area contributed by atoms with E-state index in [-0.39, 0.29) is 5.91 Å². The fourth-order valence-corrected chi connectivity index (χ4v) is 2.69. The molecule has 0 aliphatic carbocycles. The van der Waals surface area contributed by atoms with Crippen LogP contribution >= 0.6 is 11.6 Å². The molecule has 5 heteroatoms. The third kappa shape index (κ3) is 4.47. The van der Waals surface area contributed by atoms with E-state index in [2.05, 4.69) is 22.5 Å². The SMILES string of the molecule is CCN(CC(=O)Nc1ccc(Cl)cc1)C1CCCNC1. The third-order valence-electron chi connectivity index (χ3n) is 3.67. The number of nitrogens with zero attached hydrogens (tertiary/aromatic N) is 1. The molecule has 110 valence electrons. The third-order valence-corrected chi connectivity index (χ3v) is 3.92. The van der Waals surface area contributed by atoms with Crippen LogP contribution in [0.1, 0.15) is 19.8 Å². The average Bonchev–Trinajstić information content (AvgIpc) is 2.48. The van der Waals surface area contributed by atoms with Crippen molar-refractivity contribution in [2.45, 2.75) is 25.8 Å². The zero-order valence-corrected chi connectivity index (χ0v) is 12.6. The molecule has 0 saturated carbocycles. The molecule has 0 radical (unpaired) electrons. The molecular formula is C15H22ClN3O. The van der Waals surface area contributed by atoms with Gasteiger partial charge in [-0.25, -0.2) is 0 Å². The molecule has 0 aromatic heterocycles. The van der Waals surface area contributed by atoms with E-state index in [9.17, 15) is 4.79 Å². The summed E-state index contributed by atoms with van der Waals surface area (Å²) in [7, 11) is 0. The van der Waals surface area contributed by atoms with Crippen LogP contribution in [0, 0.1) is 0 Å². The number of rotatable bonds is 5. The van der Waals surface area contributed by atoms with Crippen LogP contribution in [0.2, 0.25) is 5.02 Å². The van der Waals surface area contributed by atoms with Crippen molar-refractivity contribution in [2.24, 2.45) is 0 Å². The first kappa shape index (κ1) is 15.3. The summed E-state index contributed by atoms with van der Waals surface area (Å²) in [5.74, 6) is 0.0275. The summed E-state index contributed by atoms with van der Waals surface area (Å²) in [6, 6.07) is 7.65. The molecule has 1 aromatic rings. The maximum atomic E-state index is 12.1. The van der Waals surface area contributed by atoms with Crippen LogP contribution in [-0.2, 0) is 4.79 Å². The van der Waals surface area contributed by atoms with E-state index >= 15 is 0 Å². The molecule has 1 aliphatic heterocycles. The lowest BCUT2D eigenvalue weighted by molar-refractivity contribution is -0.117. The Labute approximate surface area is 125 Å². The molecule has 1 fully saturated rings. The molecule has 1 unspecified atom stereocenters. The number of amides is 1. The number of carbonyl (C=O) groups excluding carboxylic acids is 1. The van der Waals surface area contributed by atoms with Crippen molar-refractivity contribution in [3.63, 3.8) is 0 Å². The number of halogens is 1. The second-order valence-corrected chi connectivity index (χ2v) is 5.55. The largest absolute Gasteiger partial charge is 0.325 e. The number of nitrogens with one attached hydrogen (secondary N) is 2. The van der Waals surface area contributed by atoms with Gasteiger partial charge in [0.1, 0.15) is 0 Å². The predicted octanol–water partition coefficient (Wildman–Crippen LogP) is 2.35. The smallest absolute Gasteiger partial charge is 0.238 e. The summed E-state index contributed by atoms with van der Waals surface area (Å²) in [5.41, 5.74) is 0.789. The van der Waals surface area contributed by atoms with Crippen molar-refractivity contribution < 1.29 is 4.79 Å². The number of benzene rings is 1. The Morgan fingerprint density at radius 2 is 2.20 bits per heavy atom. The molecule has 1 aliphatic rings. The van der Waals surface area contributed by atoms with Crippen molar-refractivity contribution in [2.75, 3.05) is 31.5 Å². The lowest BCUT2D eigenvalue weighted by Gasteiger charge is -2.33. The second-order valence-electron chi connectivity index (χ2n) is 5.12. The minimum Gasteiger partial charge on any atom is -0.325 e. The van der Waals surface area contributed by atoms with Crippen LogP contribution in [0.4, 0.5) is 5.69 Å². The molecule has 2 rings (SSSR count). The standard InChI is InChI=1S/C15H22ClN3O/c1-2-19(14-4-3-9-17-10-14)11-15(20)18-13-7-5-12(16)6-8-13/h5-8,14,17H,2-4,9-11H2,1H3,(H,18,20). The Kier molecular flexibility index (Phi) is 5.83. The molecule has 4 nitrogen and oxygen atoms in total. The van der Waals surface area contributed by atoms with E-state index in [0.717, 1.165) is 31.7 Å². The molecule has 0 bridgehead atoms. The Bertz CT molecular complexity index is 429. The van der Waals surface area contributed by atoms with Gasteiger partial charge in [0.05, 0.1) is 6.54 Å².